The van der Waals surface area contributed by atoms with Crippen LogP contribution in [0.1, 0.15) is 44.0 Å². The fourth-order valence-electron chi connectivity index (χ4n) is 2.19. The highest BCUT2D eigenvalue weighted by Gasteiger charge is 2.12. The van der Waals surface area contributed by atoms with E-state index in [1.165, 1.54) is 19.3 Å². The molecule has 0 spiro atoms. The zero-order valence-corrected chi connectivity index (χ0v) is 12.5. The lowest BCUT2D eigenvalue weighted by atomic mass is 10.2. The second-order valence-corrected chi connectivity index (χ2v) is 5.03. The molecule has 21 heavy (non-hydrogen) atoms. The molecule has 0 aliphatic rings. The van der Waals surface area contributed by atoms with Crippen molar-refractivity contribution in [3.8, 4) is 5.75 Å². The third kappa shape index (κ3) is 4.56. The first-order valence-electron chi connectivity index (χ1n) is 7.55. The normalized spacial score (nSPS) is 10.8. The smallest absolute Gasteiger partial charge is 0.132 e. The topological polar surface area (TPSA) is 60.2 Å². The van der Waals surface area contributed by atoms with E-state index < -0.39 is 0 Å². The summed E-state index contributed by atoms with van der Waals surface area (Å²) < 4.78 is 7.60. The minimum atomic E-state index is -0.109. The van der Waals surface area contributed by atoms with Gasteiger partial charge in [-0.3, -0.25) is 0 Å². The van der Waals surface area contributed by atoms with Crippen LogP contribution >= 0.6 is 0 Å². The van der Waals surface area contributed by atoms with Gasteiger partial charge in [0, 0.05) is 6.54 Å². The van der Waals surface area contributed by atoms with E-state index in [0.29, 0.717) is 12.3 Å². The maximum Gasteiger partial charge on any atom is 0.132 e. The Labute approximate surface area is 125 Å². The van der Waals surface area contributed by atoms with Gasteiger partial charge in [0.15, 0.2) is 0 Å². The highest BCUT2D eigenvalue weighted by atomic mass is 16.5. The van der Waals surface area contributed by atoms with Crippen LogP contribution in [0.2, 0.25) is 0 Å². The number of aliphatic hydroxyl groups excluding tert-OH is 1. The first kappa shape index (κ1) is 15.5. The van der Waals surface area contributed by atoms with Gasteiger partial charge in [0.2, 0.25) is 0 Å². The molecule has 0 unspecified atom stereocenters. The summed E-state index contributed by atoms with van der Waals surface area (Å²) in [5, 5.41) is 17.5. The predicted molar refractivity (Wildman–Crippen MR) is 80.9 cm³/mol. The molecule has 1 N–H and O–H groups in total. The third-order valence-corrected chi connectivity index (χ3v) is 3.41. The Hall–Kier alpha value is -1.88. The van der Waals surface area contributed by atoms with Crippen molar-refractivity contribution in [1.82, 2.24) is 15.0 Å². The molecule has 1 aromatic heterocycles. The van der Waals surface area contributed by atoms with E-state index in [4.69, 9.17) is 4.74 Å². The number of aryl methyl sites for hydroxylation is 1. The van der Waals surface area contributed by atoms with E-state index in [9.17, 15) is 5.11 Å². The second-order valence-electron chi connectivity index (χ2n) is 5.03. The zero-order valence-electron chi connectivity index (χ0n) is 12.5. The number of ether oxygens (including phenoxy) is 1. The van der Waals surface area contributed by atoms with E-state index in [1.807, 2.05) is 35.0 Å². The van der Waals surface area contributed by atoms with Crippen molar-refractivity contribution in [3.63, 3.8) is 0 Å². The fourth-order valence-corrected chi connectivity index (χ4v) is 2.19. The molecule has 0 aliphatic heterocycles. The second kappa shape index (κ2) is 8.42. The number of para-hydroxylation sites is 1. The summed E-state index contributed by atoms with van der Waals surface area (Å²) in [6, 6.07) is 9.64. The van der Waals surface area contributed by atoms with Crippen LogP contribution in [0.25, 0.3) is 0 Å². The molecule has 0 aliphatic carbocycles. The van der Waals surface area contributed by atoms with Crippen LogP contribution < -0.4 is 4.74 Å². The number of aromatic nitrogens is 3. The number of benzene rings is 1. The van der Waals surface area contributed by atoms with Crippen LogP contribution in [-0.2, 0) is 19.8 Å². The summed E-state index contributed by atoms with van der Waals surface area (Å²) in [5.74, 6) is 0.806. The predicted octanol–water partition coefficient (Wildman–Crippen LogP) is 2.93. The van der Waals surface area contributed by atoms with Crippen molar-refractivity contribution in [2.24, 2.45) is 0 Å². The van der Waals surface area contributed by atoms with Crippen LogP contribution in [-0.4, -0.2) is 20.1 Å². The SMILES string of the molecule is CCCCCCn1nnc(CO)c1COc1ccccc1. The van der Waals surface area contributed by atoms with E-state index >= 15 is 0 Å². The van der Waals surface area contributed by atoms with Gasteiger partial charge in [0.25, 0.3) is 0 Å². The number of aliphatic hydroxyl groups is 1. The Kier molecular flexibility index (Phi) is 6.22. The van der Waals surface area contributed by atoms with Gasteiger partial charge in [-0.05, 0) is 18.6 Å². The summed E-state index contributed by atoms with van der Waals surface area (Å²) in [6.45, 7) is 3.28. The Bertz CT molecular complexity index is 526. The van der Waals surface area contributed by atoms with Gasteiger partial charge >= 0.3 is 0 Å². The molecule has 0 atom stereocenters. The number of unbranched alkanes of at least 4 members (excludes halogenated alkanes) is 3. The van der Waals surface area contributed by atoms with E-state index in [2.05, 4.69) is 17.2 Å². The van der Waals surface area contributed by atoms with Crippen molar-refractivity contribution in [1.29, 1.82) is 0 Å². The molecule has 2 rings (SSSR count). The molecular weight excluding hydrogens is 266 g/mol. The monoisotopic (exact) mass is 289 g/mol. The quantitative estimate of drug-likeness (QED) is 0.721. The molecule has 5 nitrogen and oxygen atoms in total. The van der Waals surface area contributed by atoms with Gasteiger partial charge in [-0.15, -0.1) is 5.10 Å². The first-order valence-corrected chi connectivity index (χ1v) is 7.55. The van der Waals surface area contributed by atoms with Crippen molar-refractivity contribution < 1.29 is 9.84 Å². The van der Waals surface area contributed by atoms with Gasteiger partial charge < -0.3 is 9.84 Å². The third-order valence-electron chi connectivity index (χ3n) is 3.41. The Morgan fingerprint density at radius 3 is 2.67 bits per heavy atom. The van der Waals surface area contributed by atoms with Crippen LogP contribution in [0.15, 0.2) is 30.3 Å². The van der Waals surface area contributed by atoms with Gasteiger partial charge in [-0.1, -0.05) is 49.6 Å². The standard InChI is InChI=1S/C16H23N3O2/c1-2-3-4-8-11-19-16(15(12-20)17-18-19)13-21-14-9-6-5-7-10-14/h5-7,9-10,20H,2-4,8,11-13H2,1H3. The van der Waals surface area contributed by atoms with Crippen molar-refractivity contribution >= 4 is 0 Å². The highest BCUT2D eigenvalue weighted by molar-refractivity contribution is 5.21. The summed E-state index contributed by atoms with van der Waals surface area (Å²) in [5.41, 5.74) is 1.46. The van der Waals surface area contributed by atoms with Crippen molar-refractivity contribution in [3.05, 3.63) is 41.7 Å². The first-order chi connectivity index (χ1) is 10.3. The average molecular weight is 289 g/mol. The van der Waals surface area contributed by atoms with Crippen LogP contribution in [0.4, 0.5) is 0 Å². The largest absolute Gasteiger partial charge is 0.487 e. The minimum Gasteiger partial charge on any atom is -0.487 e. The molecule has 0 bridgehead atoms. The fraction of sp³-hybridized carbons (Fsp3) is 0.500. The molecule has 0 saturated heterocycles. The maximum absolute atomic E-state index is 9.37. The number of rotatable bonds is 9. The lowest BCUT2D eigenvalue weighted by molar-refractivity contribution is 0.261. The van der Waals surface area contributed by atoms with Crippen LogP contribution in [0, 0.1) is 0 Å². The van der Waals surface area contributed by atoms with Gasteiger partial charge in [-0.2, -0.15) is 0 Å². The lowest BCUT2D eigenvalue weighted by Gasteiger charge is -2.09. The van der Waals surface area contributed by atoms with Gasteiger partial charge in [-0.25, -0.2) is 4.68 Å². The molecule has 5 heteroatoms. The highest BCUT2D eigenvalue weighted by Crippen LogP contribution is 2.14. The molecule has 0 amide bonds. The summed E-state index contributed by atoms with van der Waals surface area (Å²) in [4.78, 5) is 0. The molecule has 114 valence electrons. The molecule has 2 aromatic rings. The number of hydrogen-bond donors (Lipinski definition) is 1. The Morgan fingerprint density at radius 2 is 1.95 bits per heavy atom. The molecular formula is C16H23N3O2. The van der Waals surface area contributed by atoms with Crippen molar-refractivity contribution in [2.45, 2.75) is 52.4 Å². The Balaban J connectivity index is 1.97. The Morgan fingerprint density at radius 1 is 1.14 bits per heavy atom. The van der Waals surface area contributed by atoms with E-state index in [-0.39, 0.29) is 6.61 Å². The van der Waals surface area contributed by atoms with Crippen molar-refractivity contribution in [2.75, 3.05) is 0 Å². The molecule has 1 aromatic carbocycles. The average Bonchev–Trinajstić information content (AvgIpc) is 2.92. The summed E-state index contributed by atoms with van der Waals surface area (Å²) in [6.07, 6.45) is 4.70. The maximum atomic E-state index is 9.37. The molecule has 0 fully saturated rings. The number of nitrogens with zero attached hydrogens (tertiary/aromatic N) is 3. The lowest BCUT2D eigenvalue weighted by Crippen LogP contribution is -2.09. The van der Waals surface area contributed by atoms with Crippen LogP contribution in [0.5, 0.6) is 5.75 Å². The van der Waals surface area contributed by atoms with Gasteiger partial charge in [0.1, 0.15) is 23.7 Å². The number of hydrogen-bond acceptors (Lipinski definition) is 4. The summed E-state index contributed by atoms with van der Waals surface area (Å²) >= 11 is 0. The van der Waals surface area contributed by atoms with E-state index in [0.717, 1.165) is 24.4 Å². The minimum absolute atomic E-state index is 0.109. The molecule has 0 saturated carbocycles. The molecule has 0 radical (unpaired) electrons. The van der Waals surface area contributed by atoms with Crippen LogP contribution in [0.3, 0.4) is 0 Å². The van der Waals surface area contributed by atoms with Gasteiger partial charge in [0.05, 0.1) is 6.61 Å². The molecule has 1 heterocycles. The zero-order chi connectivity index (χ0) is 14.9. The summed E-state index contributed by atoms with van der Waals surface area (Å²) in [7, 11) is 0. The van der Waals surface area contributed by atoms with E-state index in [1.54, 1.807) is 0 Å².